The molecule has 0 saturated heterocycles. The molecule has 32 heavy (non-hydrogen) atoms. The van der Waals surface area contributed by atoms with Crippen LogP contribution in [0.4, 0.5) is 5.69 Å². The number of hydrogen-bond acceptors (Lipinski definition) is 5. The fraction of sp³-hybridized carbons (Fsp3) is 0.308. The van der Waals surface area contributed by atoms with Crippen molar-refractivity contribution in [2.75, 3.05) is 18.1 Å². The zero-order valence-corrected chi connectivity index (χ0v) is 18.1. The van der Waals surface area contributed by atoms with E-state index in [4.69, 9.17) is 14.2 Å². The summed E-state index contributed by atoms with van der Waals surface area (Å²) in [6, 6.07) is 17.7. The average molecular weight is 428 g/mol. The molecule has 0 saturated carbocycles. The molecule has 0 N–H and O–H groups in total. The smallest absolute Gasteiger partial charge is 0.242 e. The number of nitrogens with zero attached hydrogens (tertiary/aromatic N) is 2. The standard InChI is InChI=1S/C26H24N2O4/c1-25(2)16-26(19-13-22-23(14-21(19)32-25)31-12-11-30-22)18-8-3-4-9-20(18)28(24(26)29)15-17-7-5-6-10-27-17/h3-10,13-14H,11-12,15-16H2,1-2H3. The van der Waals surface area contributed by atoms with E-state index in [0.29, 0.717) is 43.4 Å². The van der Waals surface area contributed by atoms with E-state index >= 15 is 0 Å². The Morgan fingerprint density at radius 3 is 2.47 bits per heavy atom. The summed E-state index contributed by atoms with van der Waals surface area (Å²) < 4.78 is 18.0. The predicted octanol–water partition coefficient (Wildman–Crippen LogP) is 4.25. The second-order valence-electron chi connectivity index (χ2n) is 9.17. The minimum absolute atomic E-state index is 0.0404. The van der Waals surface area contributed by atoms with Crippen molar-refractivity contribution in [3.05, 3.63) is 77.6 Å². The number of carbonyl (C=O) groups excluding carboxylic acids is 1. The molecular weight excluding hydrogens is 404 g/mol. The van der Waals surface area contributed by atoms with Crippen LogP contribution in [0.15, 0.2) is 60.8 Å². The number of aromatic nitrogens is 1. The molecule has 6 heteroatoms. The molecule has 4 heterocycles. The molecule has 0 fully saturated rings. The number of pyridine rings is 1. The van der Waals surface area contributed by atoms with E-state index in [1.54, 1.807) is 6.20 Å². The molecule has 1 spiro atoms. The molecule has 162 valence electrons. The van der Waals surface area contributed by atoms with Crippen molar-refractivity contribution in [1.29, 1.82) is 0 Å². The lowest BCUT2D eigenvalue weighted by Gasteiger charge is -2.43. The number of hydrogen-bond donors (Lipinski definition) is 0. The first-order valence-electron chi connectivity index (χ1n) is 10.9. The number of ether oxygens (including phenoxy) is 3. The van der Waals surface area contributed by atoms with E-state index < -0.39 is 11.0 Å². The van der Waals surface area contributed by atoms with Gasteiger partial charge in [0.2, 0.25) is 5.91 Å². The van der Waals surface area contributed by atoms with E-state index in [1.807, 2.05) is 67.3 Å². The number of fused-ring (bicyclic) bond motifs is 5. The molecule has 0 radical (unpaired) electrons. The van der Waals surface area contributed by atoms with Gasteiger partial charge in [0.15, 0.2) is 11.5 Å². The fourth-order valence-corrected chi connectivity index (χ4v) is 5.32. The molecule has 0 bridgehead atoms. The van der Waals surface area contributed by atoms with E-state index in [2.05, 4.69) is 11.1 Å². The second-order valence-corrected chi connectivity index (χ2v) is 9.17. The van der Waals surface area contributed by atoms with E-state index in [-0.39, 0.29) is 5.91 Å². The van der Waals surface area contributed by atoms with Gasteiger partial charge in [0.25, 0.3) is 0 Å². The summed E-state index contributed by atoms with van der Waals surface area (Å²) in [5.41, 5.74) is 2.19. The van der Waals surface area contributed by atoms with Crippen LogP contribution in [0, 0.1) is 0 Å². The Morgan fingerprint density at radius 1 is 0.938 bits per heavy atom. The fourth-order valence-electron chi connectivity index (χ4n) is 5.32. The van der Waals surface area contributed by atoms with Crippen molar-refractivity contribution in [2.24, 2.45) is 0 Å². The molecule has 3 aliphatic heterocycles. The summed E-state index contributed by atoms with van der Waals surface area (Å²) in [6.07, 6.45) is 2.29. The summed E-state index contributed by atoms with van der Waals surface area (Å²) in [5.74, 6) is 2.03. The maximum atomic E-state index is 14.3. The molecule has 1 unspecified atom stereocenters. The summed E-state index contributed by atoms with van der Waals surface area (Å²) in [7, 11) is 0. The Kier molecular flexibility index (Phi) is 4.03. The van der Waals surface area contributed by atoms with Gasteiger partial charge in [-0.25, -0.2) is 0 Å². The van der Waals surface area contributed by atoms with Crippen LogP contribution < -0.4 is 19.1 Å². The van der Waals surface area contributed by atoms with Crippen LogP contribution in [0.1, 0.15) is 37.1 Å². The molecule has 2 aromatic carbocycles. The maximum Gasteiger partial charge on any atom is 0.242 e. The van der Waals surface area contributed by atoms with E-state index in [0.717, 1.165) is 22.5 Å². The third kappa shape index (κ3) is 2.72. The van der Waals surface area contributed by atoms with Crippen LogP contribution in [0.25, 0.3) is 0 Å². The highest BCUT2D eigenvalue weighted by molar-refractivity contribution is 6.11. The van der Waals surface area contributed by atoms with E-state index in [1.165, 1.54) is 0 Å². The number of para-hydroxylation sites is 1. The summed E-state index contributed by atoms with van der Waals surface area (Å²) >= 11 is 0. The first-order valence-corrected chi connectivity index (χ1v) is 10.9. The number of anilines is 1. The highest BCUT2D eigenvalue weighted by atomic mass is 16.6. The molecule has 1 atom stereocenters. The lowest BCUT2D eigenvalue weighted by Crippen LogP contribution is -2.50. The number of rotatable bonds is 2. The topological polar surface area (TPSA) is 60.9 Å². The normalized spacial score (nSPS) is 22.3. The van der Waals surface area contributed by atoms with Crippen molar-refractivity contribution in [3.8, 4) is 17.2 Å². The Balaban J connectivity index is 1.57. The first-order chi connectivity index (χ1) is 15.5. The third-order valence-corrected chi connectivity index (χ3v) is 6.49. The third-order valence-electron chi connectivity index (χ3n) is 6.49. The van der Waals surface area contributed by atoms with Gasteiger partial charge in [-0.05, 0) is 43.7 Å². The molecule has 6 rings (SSSR count). The highest BCUT2D eigenvalue weighted by Crippen LogP contribution is 2.57. The molecule has 1 amide bonds. The maximum absolute atomic E-state index is 14.3. The van der Waals surface area contributed by atoms with Gasteiger partial charge in [0, 0.05) is 29.9 Å². The van der Waals surface area contributed by atoms with Gasteiger partial charge >= 0.3 is 0 Å². The summed E-state index contributed by atoms with van der Waals surface area (Å²) in [6.45, 7) is 5.47. The van der Waals surface area contributed by atoms with Gasteiger partial charge in [0.1, 0.15) is 30.0 Å². The van der Waals surface area contributed by atoms with Crippen molar-refractivity contribution in [2.45, 2.75) is 37.8 Å². The Hall–Kier alpha value is -3.54. The molecular formula is C26H24N2O4. The van der Waals surface area contributed by atoms with Crippen LogP contribution in [-0.4, -0.2) is 29.7 Å². The average Bonchev–Trinajstić information content (AvgIpc) is 3.01. The molecule has 3 aliphatic rings. The van der Waals surface area contributed by atoms with Crippen LogP contribution in [0.5, 0.6) is 17.2 Å². The van der Waals surface area contributed by atoms with Crippen LogP contribution >= 0.6 is 0 Å². The summed E-state index contributed by atoms with van der Waals surface area (Å²) in [5, 5.41) is 0. The SMILES string of the molecule is CC1(C)CC2(C(=O)N(Cc3ccccn3)c3ccccc32)c2cc3c(cc2O1)OCCO3. The van der Waals surface area contributed by atoms with Gasteiger partial charge in [0.05, 0.1) is 12.2 Å². The first kappa shape index (κ1) is 19.2. The van der Waals surface area contributed by atoms with Gasteiger partial charge in [-0.3, -0.25) is 9.78 Å². The molecule has 3 aromatic rings. The lowest BCUT2D eigenvalue weighted by molar-refractivity contribution is -0.124. The van der Waals surface area contributed by atoms with Gasteiger partial charge in [-0.2, -0.15) is 0 Å². The molecule has 1 aromatic heterocycles. The van der Waals surface area contributed by atoms with Gasteiger partial charge in [-0.1, -0.05) is 24.3 Å². The zero-order valence-electron chi connectivity index (χ0n) is 18.1. The number of carbonyl (C=O) groups is 1. The minimum Gasteiger partial charge on any atom is -0.487 e. The monoisotopic (exact) mass is 428 g/mol. The minimum atomic E-state index is -0.863. The predicted molar refractivity (Wildman–Crippen MR) is 119 cm³/mol. The van der Waals surface area contributed by atoms with E-state index in [9.17, 15) is 4.79 Å². The Morgan fingerprint density at radius 2 is 1.69 bits per heavy atom. The molecule has 6 nitrogen and oxygen atoms in total. The van der Waals surface area contributed by atoms with Crippen LogP contribution in [0.2, 0.25) is 0 Å². The van der Waals surface area contributed by atoms with Crippen molar-refractivity contribution >= 4 is 11.6 Å². The van der Waals surface area contributed by atoms with Crippen LogP contribution in [0.3, 0.4) is 0 Å². The largest absolute Gasteiger partial charge is 0.487 e. The zero-order chi connectivity index (χ0) is 21.9. The van der Waals surface area contributed by atoms with Crippen molar-refractivity contribution < 1.29 is 19.0 Å². The number of benzene rings is 2. The number of amides is 1. The van der Waals surface area contributed by atoms with Crippen LogP contribution in [-0.2, 0) is 16.8 Å². The van der Waals surface area contributed by atoms with Crippen molar-refractivity contribution in [1.82, 2.24) is 4.98 Å². The second kappa shape index (κ2) is 6.73. The summed E-state index contributed by atoms with van der Waals surface area (Å²) in [4.78, 5) is 20.7. The Bertz CT molecular complexity index is 1220. The lowest BCUT2D eigenvalue weighted by atomic mass is 9.67. The van der Waals surface area contributed by atoms with Gasteiger partial charge in [-0.15, -0.1) is 0 Å². The van der Waals surface area contributed by atoms with Gasteiger partial charge < -0.3 is 19.1 Å². The quantitative estimate of drug-likeness (QED) is 0.611. The van der Waals surface area contributed by atoms with Crippen molar-refractivity contribution in [3.63, 3.8) is 0 Å². The molecule has 0 aliphatic carbocycles. The Labute approximate surface area is 186 Å². The highest BCUT2D eigenvalue weighted by Gasteiger charge is 2.58.